The molecule has 0 unspecified atom stereocenters. The quantitative estimate of drug-likeness (QED) is 0.607. The summed E-state index contributed by atoms with van der Waals surface area (Å²) in [6.07, 6.45) is 4.75. The molecule has 2 fully saturated rings. The van der Waals surface area contributed by atoms with Crippen LogP contribution in [0.1, 0.15) is 54.3 Å². The lowest BCUT2D eigenvalue weighted by Crippen LogP contribution is -2.71. The topological polar surface area (TPSA) is 61.5 Å². The van der Waals surface area contributed by atoms with Crippen LogP contribution in [0.3, 0.4) is 0 Å². The number of likely N-dealkylation sites (tertiary alicyclic amines) is 1. The predicted octanol–water partition coefficient (Wildman–Crippen LogP) is 4.47. The Bertz CT molecular complexity index is 1230. The Kier molecular flexibility index (Phi) is 4.95. The van der Waals surface area contributed by atoms with Crippen molar-refractivity contribution in [2.75, 3.05) is 13.1 Å². The molecule has 3 aromatic rings. The zero-order valence-electron chi connectivity index (χ0n) is 20.5. The summed E-state index contributed by atoms with van der Waals surface area (Å²) >= 11 is 0. The molecule has 1 saturated carbocycles. The molecule has 6 rings (SSSR count). The third-order valence-electron chi connectivity index (χ3n) is 9.06. The van der Waals surface area contributed by atoms with E-state index in [1.165, 1.54) is 18.4 Å². The molecule has 3 aliphatic rings. The Morgan fingerprint density at radius 2 is 1.82 bits per heavy atom. The molecule has 1 saturated heterocycles. The zero-order valence-corrected chi connectivity index (χ0v) is 20.5. The van der Waals surface area contributed by atoms with Crippen LogP contribution < -0.4 is 0 Å². The molecular formula is C29H35N3O2. The molecule has 0 amide bonds. The van der Waals surface area contributed by atoms with Crippen molar-refractivity contribution in [3.05, 3.63) is 76.6 Å². The molecule has 0 radical (unpaired) electrons. The molecule has 34 heavy (non-hydrogen) atoms. The van der Waals surface area contributed by atoms with Crippen LogP contribution in [0.15, 0.2) is 48.5 Å². The summed E-state index contributed by atoms with van der Waals surface area (Å²) in [5, 5.41) is 28.3. The van der Waals surface area contributed by atoms with Crippen molar-refractivity contribution in [3.8, 4) is 11.4 Å². The first-order valence-corrected chi connectivity index (χ1v) is 12.7. The summed E-state index contributed by atoms with van der Waals surface area (Å²) < 4.78 is 2.04. The van der Waals surface area contributed by atoms with E-state index in [9.17, 15) is 10.2 Å². The Hall–Kier alpha value is -2.63. The highest BCUT2D eigenvalue weighted by molar-refractivity contribution is 5.49. The third-order valence-corrected chi connectivity index (χ3v) is 9.06. The number of aromatic hydroxyl groups is 1. The molecule has 2 N–H and O–H groups in total. The van der Waals surface area contributed by atoms with Gasteiger partial charge in [-0.25, -0.2) is 4.68 Å². The summed E-state index contributed by atoms with van der Waals surface area (Å²) in [7, 11) is 0. The minimum absolute atomic E-state index is 0.0243. The minimum atomic E-state index is -0.943. The highest BCUT2D eigenvalue weighted by atomic mass is 16.3. The molecule has 0 spiro atoms. The maximum absolute atomic E-state index is 12.8. The van der Waals surface area contributed by atoms with E-state index in [4.69, 9.17) is 5.10 Å². The van der Waals surface area contributed by atoms with Crippen LogP contribution in [0, 0.1) is 19.8 Å². The second-order valence-electron chi connectivity index (χ2n) is 11.0. The van der Waals surface area contributed by atoms with Gasteiger partial charge in [-0.1, -0.05) is 24.3 Å². The molecule has 1 aliphatic heterocycles. The summed E-state index contributed by atoms with van der Waals surface area (Å²) in [4.78, 5) is 2.52. The maximum atomic E-state index is 12.8. The summed E-state index contributed by atoms with van der Waals surface area (Å²) in [5.74, 6) is 1.05. The molecule has 5 heteroatoms. The molecule has 2 aromatic carbocycles. The fourth-order valence-electron chi connectivity index (χ4n) is 6.82. The lowest BCUT2D eigenvalue weighted by Gasteiger charge is -2.60. The fourth-order valence-corrected chi connectivity index (χ4v) is 6.82. The molecule has 178 valence electrons. The highest BCUT2D eigenvalue weighted by Crippen LogP contribution is 2.54. The number of hydrogen-bond donors (Lipinski definition) is 2. The van der Waals surface area contributed by atoms with Gasteiger partial charge >= 0.3 is 0 Å². The minimum Gasteiger partial charge on any atom is -0.508 e. The molecule has 1 aromatic heterocycles. The van der Waals surface area contributed by atoms with Crippen LogP contribution in [0.25, 0.3) is 5.69 Å². The van der Waals surface area contributed by atoms with Crippen molar-refractivity contribution in [1.82, 2.24) is 14.7 Å². The van der Waals surface area contributed by atoms with Gasteiger partial charge in [-0.05, 0) is 93.5 Å². The summed E-state index contributed by atoms with van der Waals surface area (Å²) in [6.45, 7) is 8.49. The van der Waals surface area contributed by atoms with Crippen LogP contribution >= 0.6 is 0 Å². The van der Waals surface area contributed by atoms with Gasteiger partial charge in [0.25, 0.3) is 0 Å². The number of fused-ring (bicyclic) bond motifs is 2. The van der Waals surface area contributed by atoms with Gasteiger partial charge in [0.1, 0.15) is 5.75 Å². The number of piperidine rings is 1. The zero-order chi connectivity index (χ0) is 23.7. The number of phenolic OH excluding ortho intramolecular Hbond substituents is 1. The summed E-state index contributed by atoms with van der Waals surface area (Å²) in [5.41, 5.74) is 5.20. The largest absolute Gasteiger partial charge is 0.508 e. The number of aryl methyl sites for hydroxylation is 1. The Morgan fingerprint density at radius 1 is 1.06 bits per heavy atom. The van der Waals surface area contributed by atoms with E-state index in [1.54, 1.807) is 6.07 Å². The standard InChI is InChI=1S/C29H35N3O2/c1-19-9-12-24(33)15-26(19)28-13-14-31(18-22-10-11-22)21(3)29(28,34)16-25-20(2)32(30-27(25)17-28)23-7-5-4-6-8-23/h4-9,12,15,21-22,33-34H,10-11,13-14,16-18H2,1-3H3/t21-,28-,29-/m1/s1. The first-order valence-electron chi connectivity index (χ1n) is 12.7. The van der Waals surface area contributed by atoms with Gasteiger partial charge in [-0.3, -0.25) is 4.90 Å². The van der Waals surface area contributed by atoms with Crippen LogP contribution in [0.4, 0.5) is 0 Å². The number of para-hydroxylation sites is 1. The smallest absolute Gasteiger partial charge is 0.115 e. The number of benzene rings is 2. The lowest BCUT2D eigenvalue weighted by molar-refractivity contribution is -0.139. The monoisotopic (exact) mass is 457 g/mol. The first-order chi connectivity index (χ1) is 16.3. The SMILES string of the molecule is Cc1ccc(O)cc1[C@]12CCN(CC3CC3)[C@H](C)[C@]1(O)Cc1c(nn(-c3ccccc3)c1C)C2. The Morgan fingerprint density at radius 3 is 2.56 bits per heavy atom. The van der Waals surface area contributed by atoms with Gasteiger partial charge in [-0.2, -0.15) is 5.10 Å². The van der Waals surface area contributed by atoms with E-state index in [-0.39, 0.29) is 11.8 Å². The van der Waals surface area contributed by atoms with E-state index in [0.29, 0.717) is 12.8 Å². The van der Waals surface area contributed by atoms with Crippen molar-refractivity contribution in [3.63, 3.8) is 0 Å². The lowest BCUT2D eigenvalue weighted by atomic mass is 9.53. The normalized spacial score (nSPS) is 29.0. The third kappa shape index (κ3) is 3.17. The van der Waals surface area contributed by atoms with Gasteiger partial charge in [0, 0.05) is 36.5 Å². The number of rotatable bonds is 4. The van der Waals surface area contributed by atoms with Gasteiger partial charge < -0.3 is 10.2 Å². The molecule has 3 atom stereocenters. The van der Waals surface area contributed by atoms with Gasteiger partial charge in [-0.15, -0.1) is 0 Å². The first kappa shape index (κ1) is 21.9. The molecule has 2 aliphatic carbocycles. The molecule has 5 nitrogen and oxygen atoms in total. The fraction of sp³-hybridized carbons (Fsp3) is 0.483. The average Bonchev–Trinajstić information content (AvgIpc) is 3.60. The van der Waals surface area contributed by atoms with E-state index in [2.05, 4.69) is 37.8 Å². The van der Waals surface area contributed by atoms with E-state index >= 15 is 0 Å². The number of aromatic nitrogens is 2. The molecule has 0 bridgehead atoms. The van der Waals surface area contributed by atoms with E-state index in [1.807, 2.05) is 35.0 Å². The highest BCUT2D eigenvalue weighted by Gasteiger charge is 2.61. The van der Waals surface area contributed by atoms with Crippen LogP contribution in [0.2, 0.25) is 0 Å². The van der Waals surface area contributed by atoms with Crippen molar-refractivity contribution < 1.29 is 10.2 Å². The van der Waals surface area contributed by atoms with Crippen molar-refractivity contribution in [1.29, 1.82) is 0 Å². The Balaban J connectivity index is 1.51. The second-order valence-corrected chi connectivity index (χ2v) is 11.0. The van der Waals surface area contributed by atoms with E-state index < -0.39 is 11.0 Å². The Labute approximate surface area is 202 Å². The molecular weight excluding hydrogens is 422 g/mol. The van der Waals surface area contributed by atoms with Gasteiger partial charge in [0.15, 0.2) is 0 Å². The van der Waals surface area contributed by atoms with Gasteiger partial charge in [0.2, 0.25) is 0 Å². The van der Waals surface area contributed by atoms with Crippen LogP contribution in [-0.2, 0) is 18.3 Å². The molecule has 2 heterocycles. The van der Waals surface area contributed by atoms with E-state index in [0.717, 1.165) is 53.6 Å². The van der Waals surface area contributed by atoms with Crippen molar-refractivity contribution in [2.45, 2.75) is 69.9 Å². The van der Waals surface area contributed by atoms with Gasteiger partial charge in [0.05, 0.1) is 17.0 Å². The number of nitrogens with zero attached hydrogens (tertiary/aromatic N) is 3. The number of hydrogen-bond acceptors (Lipinski definition) is 4. The number of phenols is 1. The van der Waals surface area contributed by atoms with Crippen molar-refractivity contribution >= 4 is 0 Å². The van der Waals surface area contributed by atoms with Crippen molar-refractivity contribution in [2.24, 2.45) is 5.92 Å². The maximum Gasteiger partial charge on any atom is 0.115 e. The second kappa shape index (κ2) is 7.69. The predicted molar refractivity (Wildman–Crippen MR) is 134 cm³/mol. The summed E-state index contributed by atoms with van der Waals surface area (Å²) in [6, 6.07) is 15.9. The average molecular weight is 458 g/mol. The number of aliphatic hydroxyl groups is 1. The van der Waals surface area contributed by atoms with Crippen LogP contribution in [0.5, 0.6) is 5.75 Å². The van der Waals surface area contributed by atoms with Crippen LogP contribution in [-0.4, -0.2) is 49.6 Å².